The van der Waals surface area contributed by atoms with Crippen molar-refractivity contribution in [3.05, 3.63) is 85.7 Å². The minimum absolute atomic E-state index is 0.178. The molecule has 1 atom stereocenters. The minimum atomic E-state index is -0.402. The van der Waals surface area contributed by atoms with Crippen molar-refractivity contribution in [2.75, 3.05) is 14.2 Å². The molecule has 0 saturated carbocycles. The molecule has 2 aromatic carbocycles. The molecular formula is C29H30FNO3S. The maximum absolute atomic E-state index is 13.7. The van der Waals surface area contributed by atoms with Gasteiger partial charge in [0.2, 0.25) is 0 Å². The zero-order valence-corrected chi connectivity index (χ0v) is 21.3. The number of hydrogen-bond acceptors (Lipinski definition) is 4. The summed E-state index contributed by atoms with van der Waals surface area (Å²) < 4.78 is 25.8. The standard InChI is InChI=1S/C29H30FNO3S/c1-5-6-21-27-23(19-10-13-24(33-3)25(15-19)34-4)16-22(18-8-11-20(30)12-9-18)17(2)7-14-26(27)35-28(21)29(31)32/h8-17H,5-7H2,1-4H3,(H2,31,32). The van der Waals surface area contributed by atoms with Crippen molar-refractivity contribution in [2.45, 2.75) is 33.1 Å². The second-order valence-corrected chi connectivity index (χ2v) is 9.75. The molecule has 1 heterocycles. The molecule has 0 saturated heterocycles. The molecule has 4 rings (SSSR count). The van der Waals surface area contributed by atoms with Gasteiger partial charge in [0.05, 0.1) is 19.1 Å². The third-order valence-corrected chi connectivity index (χ3v) is 7.63. The van der Waals surface area contributed by atoms with E-state index < -0.39 is 5.91 Å². The summed E-state index contributed by atoms with van der Waals surface area (Å²) in [6.45, 7) is 4.26. The highest BCUT2D eigenvalue weighted by molar-refractivity contribution is 7.12. The van der Waals surface area contributed by atoms with Crippen LogP contribution in [0, 0.1) is 11.7 Å². The van der Waals surface area contributed by atoms with Crippen LogP contribution in [-0.4, -0.2) is 20.1 Å². The summed E-state index contributed by atoms with van der Waals surface area (Å²) in [5.41, 5.74) is 10.8. The molecule has 1 aromatic heterocycles. The van der Waals surface area contributed by atoms with Crippen LogP contribution >= 0.6 is 11.3 Å². The van der Waals surface area contributed by atoms with Crippen molar-refractivity contribution in [3.63, 3.8) is 0 Å². The minimum Gasteiger partial charge on any atom is -0.493 e. The second-order valence-electron chi connectivity index (χ2n) is 8.69. The van der Waals surface area contributed by atoms with Crippen LogP contribution in [0.5, 0.6) is 11.5 Å². The van der Waals surface area contributed by atoms with E-state index in [2.05, 4.69) is 26.0 Å². The van der Waals surface area contributed by atoms with E-state index in [1.54, 1.807) is 14.2 Å². The summed E-state index contributed by atoms with van der Waals surface area (Å²) in [5, 5.41) is 1.03. The molecule has 182 valence electrons. The molecule has 1 aliphatic carbocycles. The van der Waals surface area contributed by atoms with E-state index in [-0.39, 0.29) is 11.7 Å². The number of ether oxygens (including phenoxy) is 2. The van der Waals surface area contributed by atoms with Crippen LogP contribution < -0.4 is 25.0 Å². The van der Waals surface area contributed by atoms with Gasteiger partial charge in [-0.2, -0.15) is 0 Å². The lowest BCUT2D eigenvalue weighted by Gasteiger charge is -2.19. The molecule has 0 fully saturated rings. The van der Waals surface area contributed by atoms with E-state index >= 15 is 0 Å². The number of carbonyl (C=O) groups is 1. The Morgan fingerprint density at radius 3 is 2.40 bits per heavy atom. The Bertz CT molecular complexity index is 1400. The van der Waals surface area contributed by atoms with Crippen LogP contribution in [0.4, 0.5) is 4.39 Å². The van der Waals surface area contributed by atoms with E-state index in [0.717, 1.165) is 56.9 Å². The number of primary amides is 1. The highest BCUT2D eigenvalue weighted by atomic mass is 32.1. The van der Waals surface area contributed by atoms with Gasteiger partial charge in [0.1, 0.15) is 5.82 Å². The zero-order valence-electron chi connectivity index (χ0n) is 20.5. The molecule has 0 spiro atoms. The predicted molar refractivity (Wildman–Crippen MR) is 141 cm³/mol. The number of methoxy groups -OCH3 is 2. The van der Waals surface area contributed by atoms with Crippen LogP contribution in [0.15, 0.2) is 48.5 Å². The number of allylic oxidation sites excluding steroid dienone is 2. The fourth-order valence-corrected chi connectivity index (χ4v) is 5.80. The predicted octanol–water partition coefficient (Wildman–Crippen LogP) is 5.06. The molecule has 3 aromatic rings. The molecule has 35 heavy (non-hydrogen) atoms. The number of carbonyl (C=O) groups excluding carboxylic acids is 1. The smallest absolute Gasteiger partial charge is 0.259 e. The summed E-state index contributed by atoms with van der Waals surface area (Å²) in [7, 11) is 3.23. The van der Waals surface area contributed by atoms with Crippen molar-refractivity contribution in [1.82, 2.24) is 0 Å². The van der Waals surface area contributed by atoms with Gasteiger partial charge in [-0.1, -0.05) is 44.5 Å². The fraction of sp³-hybridized carbons (Fsp3) is 0.276. The average molecular weight is 492 g/mol. The normalized spacial score (nSPS) is 15.4. The quantitative estimate of drug-likeness (QED) is 0.503. The van der Waals surface area contributed by atoms with E-state index in [9.17, 15) is 9.18 Å². The first kappa shape index (κ1) is 24.7. The first-order valence-corrected chi connectivity index (χ1v) is 12.5. The van der Waals surface area contributed by atoms with Crippen LogP contribution in [0.2, 0.25) is 0 Å². The third kappa shape index (κ3) is 4.89. The largest absolute Gasteiger partial charge is 0.493 e. The molecule has 2 N–H and O–H groups in total. The summed E-state index contributed by atoms with van der Waals surface area (Å²) in [6, 6.07) is 12.5. The van der Waals surface area contributed by atoms with Gasteiger partial charge >= 0.3 is 0 Å². The van der Waals surface area contributed by atoms with Crippen molar-refractivity contribution in [1.29, 1.82) is 0 Å². The summed E-state index contributed by atoms with van der Waals surface area (Å²) in [4.78, 5) is 13.0. The van der Waals surface area contributed by atoms with Gasteiger partial charge in [-0.15, -0.1) is 11.3 Å². The first-order valence-electron chi connectivity index (χ1n) is 11.7. The summed E-state index contributed by atoms with van der Waals surface area (Å²) >= 11 is 1.46. The van der Waals surface area contributed by atoms with Gasteiger partial charge in [-0.25, -0.2) is 4.39 Å². The Balaban J connectivity index is 2.14. The SMILES string of the molecule is CCCc1c(C(N)=O)sc2c1=C(c1ccc(OC)c(OC)c1)C=C(c1ccc(F)cc1)C(C)CC=2. The molecule has 1 aliphatic rings. The Labute approximate surface area is 209 Å². The highest BCUT2D eigenvalue weighted by Crippen LogP contribution is 2.34. The zero-order chi connectivity index (χ0) is 25.1. The maximum atomic E-state index is 13.7. The third-order valence-electron chi connectivity index (χ3n) is 6.39. The molecule has 4 nitrogen and oxygen atoms in total. The molecule has 0 bridgehead atoms. The van der Waals surface area contributed by atoms with Gasteiger partial charge in [0.15, 0.2) is 11.5 Å². The molecular weight excluding hydrogens is 461 g/mol. The highest BCUT2D eigenvalue weighted by Gasteiger charge is 2.21. The molecule has 1 amide bonds. The molecule has 6 heteroatoms. The van der Waals surface area contributed by atoms with Crippen molar-refractivity contribution < 1.29 is 18.7 Å². The lowest BCUT2D eigenvalue weighted by molar-refractivity contribution is 0.100. The molecule has 0 aliphatic heterocycles. The van der Waals surface area contributed by atoms with Crippen LogP contribution in [0.1, 0.15) is 53.1 Å². The van der Waals surface area contributed by atoms with Crippen LogP contribution in [0.25, 0.3) is 17.2 Å². The van der Waals surface area contributed by atoms with E-state index in [1.165, 1.54) is 23.5 Å². The second kappa shape index (κ2) is 10.5. The van der Waals surface area contributed by atoms with Crippen LogP contribution in [-0.2, 0) is 6.42 Å². The number of amides is 1. The number of nitrogens with two attached hydrogens (primary N) is 1. The molecule has 0 radical (unpaired) electrons. The Morgan fingerprint density at radius 1 is 1.09 bits per heavy atom. The lowest BCUT2D eigenvalue weighted by Crippen LogP contribution is -2.27. The van der Waals surface area contributed by atoms with Crippen LogP contribution in [0.3, 0.4) is 0 Å². The van der Waals surface area contributed by atoms with Crippen molar-refractivity contribution in [2.24, 2.45) is 11.7 Å². The number of halogens is 1. The molecule has 1 unspecified atom stereocenters. The average Bonchev–Trinajstić information content (AvgIpc) is 3.20. The Morgan fingerprint density at radius 2 is 1.77 bits per heavy atom. The summed E-state index contributed by atoms with van der Waals surface area (Å²) in [6.07, 6.45) is 6.80. The van der Waals surface area contributed by atoms with E-state index in [4.69, 9.17) is 15.2 Å². The number of thiophene rings is 1. The maximum Gasteiger partial charge on any atom is 0.259 e. The topological polar surface area (TPSA) is 61.6 Å². The van der Waals surface area contributed by atoms with E-state index in [0.29, 0.717) is 16.4 Å². The van der Waals surface area contributed by atoms with Crippen molar-refractivity contribution >= 4 is 34.5 Å². The summed E-state index contributed by atoms with van der Waals surface area (Å²) in [5.74, 6) is 0.776. The lowest BCUT2D eigenvalue weighted by atomic mass is 9.86. The number of rotatable bonds is 7. The number of benzene rings is 2. The van der Waals surface area contributed by atoms with Crippen molar-refractivity contribution in [3.8, 4) is 11.5 Å². The van der Waals surface area contributed by atoms with Gasteiger partial charge in [-0.05, 0) is 76.9 Å². The fourth-order valence-electron chi connectivity index (χ4n) is 4.63. The Hall–Kier alpha value is -3.38. The monoisotopic (exact) mass is 491 g/mol. The number of hydrogen-bond donors (Lipinski definition) is 1. The van der Waals surface area contributed by atoms with E-state index in [1.807, 2.05) is 30.3 Å². The van der Waals surface area contributed by atoms with Gasteiger partial charge in [0.25, 0.3) is 5.91 Å². The Kier molecular flexibility index (Phi) is 7.41. The van der Waals surface area contributed by atoms with Gasteiger partial charge in [-0.3, -0.25) is 4.79 Å². The first-order chi connectivity index (χ1) is 16.9. The number of fused-ring (bicyclic) bond motifs is 1. The van der Waals surface area contributed by atoms with Gasteiger partial charge < -0.3 is 15.2 Å². The van der Waals surface area contributed by atoms with Gasteiger partial charge in [0, 0.05) is 9.75 Å².